The lowest BCUT2D eigenvalue weighted by molar-refractivity contribution is -0.143. The number of hydrogen-bond acceptors (Lipinski definition) is 5. The predicted molar refractivity (Wildman–Crippen MR) is 107 cm³/mol. The Bertz CT molecular complexity index is 810. The summed E-state index contributed by atoms with van der Waals surface area (Å²) in [6.07, 6.45) is 8.90. The highest BCUT2D eigenvalue weighted by molar-refractivity contribution is 5.81. The first-order chi connectivity index (χ1) is 13.3. The van der Waals surface area contributed by atoms with Gasteiger partial charge < -0.3 is 9.32 Å². The lowest BCUT2D eigenvalue weighted by Crippen LogP contribution is -2.50. The molecule has 6 heteroatoms. The Morgan fingerprint density at radius 3 is 2.64 bits per heavy atom. The van der Waals surface area contributed by atoms with Gasteiger partial charge in [0.15, 0.2) is 11.6 Å². The molecule has 2 aliphatic heterocycles. The summed E-state index contributed by atoms with van der Waals surface area (Å²) < 4.78 is 5.35. The van der Waals surface area contributed by atoms with Crippen LogP contribution in [0.4, 0.5) is 0 Å². The van der Waals surface area contributed by atoms with Crippen LogP contribution in [-0.4, -0.2) is 51.9 Å². The molecule has 2 aromatic heterocycles. The van der Waals surface area contributed by atoms with Gasteiger partial charge in [-0.1, -0.05) is 20.8 Å². The highest BCUT2D eigenvalue weighted by Crippen LogP contribution is 2.40. The number of amides is 1. The third-order valence-corrected chi connectivity index (χ3v) is 5.96. The molecule has 2 saturated heterocycles. The van der Waals surface area contributed by atoms with Crippen LogP contribution in [0.2, 0.25) is 0 Å². The summed E-state index contributed by atoms with van der Waals surface area (Å²) in [4.78, 5) is 26.2. The predicted octanol–water partition coefficient (Wildman–Crippen LogP) is 3.60. The van der Waals surface area contributed by atoms with Crippen molar-refractivity contribution in [2.45, 2.75) is 46.6 Å². The fraction of sp³-hybridized carbons (Fsp3) is 0.591. The first-order valence-corrected chi connectivity index (χ1v) is 10.2. The molecule has 1 atom stereocenters. The van der Waals surface area contributed by atoms with Gasteiger partial charge in [0.25, 0.3) is 0 Å². The molecule has 2 aromatic rings. The number of piperidine rings is 1. The van der Waals surface area contributed by atoms with E-state index in [4.69, 9.17) is 4.42 Å². The molecule has 6 nitrogen and oxygen atoms in total. The molecule has 0 saturated carbocycles. The van der Waals surface area contributed by atoms with Crippen molar-refractivity contribution in [3.05, 3.63) is 36.4 Å². The first kappa shape index (κ1) is 19.1. The molecule has 2 aliphatic rings. The maximum atomic E-state index is 12.7. The summed E-state index contributed by atoms with van der Waals surface area (Å²) in [7, 11) is 0. The van der Waals surface area contributed by atoms with E-state index < -0.39 is 0 Å². The summed E-state index contributed by atoms with van der Waals surface area (Å²) in [6, 6.07) is 3.71. The second-order valence-corrected chi connectivity index (χ2v) is 9.43. The summed E-state index contributed by atoms with van der Waals surface area (Å²) in [5.74, 6) is 1.60. The van der Waals surface area contributed by atoms with Crippen LogP contribution in [0.25, 0.3) is 11.6 Å². The summed E-state index contributed by atoms with van der Waals surface area (Å²) >= 11 is 0. The number of nitrogens with zero attached hydrogens (tertiary/aromatic N) is 4. The molecule has 0 aliphatic carbocycles. The van der Waals surface area contributed by atoms with Crippen molar-refractivity contribution in [2.24, 2.45) is 10.8 Å². The Morgan fingerprint density at radius 1 is 1.18 bits per heavy atom. The van der Waals surface area contributed by atoms with Crippen LogP contribution in [0.1, 0.15) is 45.6 Å². The van der Waals surface area contributed by atoms with Crippen molar-refractivity contribution in [1.82, 2.24) is 19.8 Å². The number of rotatable bonds is 3. The average molecular weight is 383 g/mol. The van der Waals surface area contributed by atoms with Crippen LogP contribution in [0.3, 0.4) is 0 Å². The van der Waals surface area contributed by atoms with E-state index in [2.05, 4.69) is 19.8 Å². The van der Waals surface area contributed by atoms with Crippen molar-refractivity contribution in [3.63, 3.8) is 0 Å². The molecule has 4 rings (SSSR count). The molecular formula is C22H30N4O2. The summed E-state index contributed by atoms with van der Waals surface area (Å²) in [5.41, 5.74) is 1.06. The largest absolute Gasteiger partial charge is 0.461 e. The van der Waals surface area contributed by atoms with Gasteiger partial charge in [0.1, 0.15) is 0 Å². The molecule has 1 spiro atoms. The van der Waals surface area contributed by atoms with Crippen molar-refractivity contribution in [3.8, 4) is 11.6 Å². The van der Waals surface area contributed by atoms with E-state index in [0.717, 1.165) is 51.1 Å². The van der Waals surface area contributed by atoms with Gasteiger partial charge in [-0.3, -0.25) is 9.69 Å². The van der Waals surface area contributed by atoms with E-state index in [0.29, 0.717) is 11.6 Å². The van der Waals surface area contributed by atoms with E-state index in [-0.39, 0.29) is 16.7 Å². The molecule has 150 valence electrons. The van der Waals surface area contributed by atoms with Gasteiger partial charge in [-0.05, 0) is 37.9 Å². The van der Waals surface area contributed by atoms with Crippen molar-refractivity contribution < 1.29 is 9.21 Å². The quantitative estimate of drug-likeness (QED) is 0.812. The fourth-order valence-electron chi connectivity index (χ4n) is 4.58. The number of furan rings is 1. The number of carbonyl (C=O) groups excluding carboxylic acids is 1. The van der Waals surface area contributed by atoms with Crippen LogP contribution in [0.15, 0.2) is 35.2 Å². The number of carbonyl (C=O) groups is 1. The van der Waals surface area contributed by atoms with Gasteiger partial charge >= 0.3 is 0 Å². The molecule has 0 aromatic carbocycles. The highest BCUT2D eigenvalue weighted by Gasteiger charge is 2.43. The van der Waals surface area contributed by atoms with Gasteiger partial charge in [0.05, 0.1) is 6.26 Å². The third-order valence-electron chi connectivity index (χ3n) is 5.96. The van der Waals surface area contributed by atoms with Gasteiger partial charge in [0, 0.05) is 55.0 Å². The van der Waals surface area contributed by atoms with Crippen molar-refractivity contribution >= 4 is 5.91 Å². The zero-order chi connectivity index (χ0) is 19.8. The Kier molecular flexibility index (Phi) is 5.00. The summed E-state index contributed by atoms with van der Waals surface area (Å²) in [6.45, 7) is 10.8. The molecule has 4 heterocycles. The van der Waals surface area contributed by atoms with Gasteiger partial charge in [-0.25, -0.2) is 9.97 Å². The van der Waals surface area contributed by atoms with Crippen LogP contribution < -0.4 is 0 Å². The van der Waals surface area contributed by atoms with Gasteiger partial charge in [-0.2, -0.15) is 0 Å². The monoisotopic (exact) mass is 382 g/mol. The van der Waals surface area contributed by atoms with E-state index >= 15 is 0 Å². The lowest BCUT2D eigenvalue weighted by atomic mass is 9.78. The molecule has 2 fully saturated rings. The minimum atomic E-state index is -0.302. The summed E-state index contributed by atoms with van der Waals surface area (Å²) in [5, 5.41) is 0. The van der Waals surface area contributed by atoms with Crippen molar-refractivity contribution in [1.29, 1.82) is 0 Å². The minimum Gasteiger partial charge on any atom is -0.461 e. The number of hydrogen-bond donors (Lipinski definition) is 0. The van der Waals surface area contributed by atoms with Gasteiger partial charge in [0.2, 0.25) is 5.91 Å². The van der Waals surface area contributed by atoms with E-state index in [9.17, 15) is 4.79 Å². The zero-order valence-electron chi connectivity index (χ0n) is 17.1. The highest BCUT2D eigenvalue weighted by atomic mass is 16.3. The van der Waals surface area contributed by atoms with Crippen LogP contribution in [0.5, 0.6) is 0 Å². The maximum Gasteiger partial charge on any atom is 0.227 e. The molecule has 28 heavy (non-hydrogen) atoms. The molecular weight excluding hydrogens is 352 g/mol. The van der Waals surface area contributed by atoms with E-state index in [1.165, 1.54) is 6.42 Å². The molecule has 0 bridgehead atoms. The van der Waals surface area contributed by atoms with Crippen LogP contribution >= 0.6 is 0 Å². The van der Waals surface area contributed by atoms with Crippen molar-refractivity contribution in [2.75, 3.05) is 26.2 Å². The smallest absolute Gasteiger partial charge is 0.227 e. The second-order valence-electron chi connectivity index (χ2n) is 9.43. The third kappa shape index (κ3) is 3.97. The minimum absolute atomic E-state index is 0.244. The second kappa shape index (κ2) is 7.32. The molecule has 0 radical (unpaired) electrons. The Labute approximate surface area is 167 Å². The zero-order valence-corrected chi connectivity index (χ0v) is 17.1. The Hall–Kier alpha value is -2.21. The topological polar surface area (TPSA) is 62.5 Å². The normalized spacial score (nSPS) is 23.5. The lowest BCUT2D eigenvalue weighted by Gasteiger charge is -2.42. The standard InChI is InChI=1S/C22H30N4O2/c1-21(2,3)20(27)26-9-5-7-22(16-26)8-10-25(15-22)14-17-12-23-19(24-13-17)18-6-4-11-28-18/h4,6,11-13H,5,7-10,14-16H2,1-3H3/t22-/m1/s1. The number of likely N-dealkylation sites (tertiary alicyclic amines) is 2. The number of aromatic nitrogens is 2. The molecule has 1 amide bonds. The average Bonchev–Trinajstić information content (AvgIpc) is 3.32. The Morgan fingerprint density at radius 2 is 1.96 bits per heavy atom. The van der Waals surface area contributed by atoms with E-state index in [1.54, 1.807) is 6.26 Å². The molecule has 0 unspecified atom stereocenters. The Balaban J connectivity index is 1.38. The molecule has 0 N–H and O–H groups in total. The maximum absolute atomic E-state index is 12.7. The van der Waals surface area contributed by atoms with Crippen LogP contribution in [0, 0.1) is 10.8 Å². The van der Waals surface area contributed by atoms with E-state index in [1.807, 2.05) is 45.3 Å². The van der Waals surface area contributed by atoms with Gasteiger partial charge in [-0.15, -0.1) is 0 Å². The first-order valence-electron chi connectivity index (χ1n) is 10.2. The fourth-order valence-corrected chi connectivity index (χ4v) is 4.58. The SMILES string of the molecule is CC(C)(C)C(=O)N1CCC[C@]2(CCN(Cc3cnc(-c4ccco4)nc3)C2)C1. The van der Waals surface area contributed by atoms with Crippen LogP contribution in [-0.2, 0) is 11.3 Å².